The number of carbonyl (C=O) groups excluding carboxylic acids is 1. The molecule has 0 bridgehead atoms. The SMILES string of the molecule is CC1(C)Cc2c(cnn2-c2cccc(F)c2)[C@@H](NC(=O)/C=C/c2cccnc2)C1. The van der Waals surface area contributed by atoms with Gasteiger partial charge in [-0.3, -0.25) is 9.78 Å². The highest BCUT2D eigenvalue weighted by atomic mass is 19.1. The highest BCUT2D eigenvalue weighted by Gasteiger charge is 2.35. The molecule has 0 saturated heterocycles. The number of carbonyl (C=O) groups is 1. The lowest BCUT2D eigenvalue weighted by molar-refractivity contribution is -0.117. The number of aromatic nitrogens is 3. The van der Waals surface area contributed by atoms with Crippen LogP contribution in [0, 0.1) is 11.2 Å². The largest absolute Gasteiger partial charge is 0.346 e. The summed E-state index contributed by atoms with van der Waals surface area (Å²) in [7, 11) is 0. The van der Waals surface area contributed by atoms with E-state index in [4.69, 9.17) is 0 Å². The van der Waals surface area contributed by atoms with Crippen LogP contribution >= 0.6 is 0 Å². The van der Waals surface area contributed by atoms with E-state index in [2.05, 4.69) is 29.2 Å². The third-order valence-electron chi connectivity index (χ3n) is 5.16. The molecular weight excluding hydrogens is 367 g/mol. The van der Waals surface area contributed by atoms with Gasteiger partial charge in [-0.1, -0.05) is 26.0 Å². The first-order chi connectivity index (χ1) is 13.9. The molecule has 1 aromatic carbocycles. The van der Waals surface area contributed by atoms with Crippen LogP contribution in [0.3, 0.4) is 0 Å². The van der Waals surface area contributed by atoms with Gasteiger partial charge in [0, 0.05) is 24.0 Å². The molecule has 0 aliphatic heterocycles. The molecule has 1 aliphatic carbocycles. The maximum Gasteiger partial charge on any atom is 0.244 e. The third-order valence-corrected chi connectivity index (χ3v) is 5.16. The molecule has 6 heteroatoms. The van der Waals surface area contributed by atoms with Crippen molar-refractivity contribution in [2.45, 2.75) is 32.7 Å². The van der Waals surface area contributed by atoms with Gasteiger partial charge in [0.25, 0.3) is 0 Å². The number of fused-ring (bicyclic) bond motifs is 1. The Balaban J connectivity index is 1.60. The topological polar surface area (TPSA) is 59.8 Å². The molecule has 0 radical (unpaired) electrons. The molecule has 0 unspecified atom stereocenters. The van der Waals surface area contributed by atoms with Crippen LogP contribution in [0.25, 0.3) is 11.8 Å². The average Bonchev–Trinajstić information content (AvgIpc) is 3.10. The zero-order valence-corrected chi connectivity index (χ0v) is 16.5. The minimum absolute atomic E-state index is 0.0247. The summed E-state index contributed by atoms with van der Waals surface area (Å²) >= 11 is 0. The maximum absolute atomic E-state index is 13.7. The van der Waals surface area contributed by atoms with Crippen molar-refractivity contribution in [2.24, 2.45) is 5.41 Å². The van der Waals surface area contributed by atoms with Crippen LogP contribution in [-0.4, -0.2) is 20.7 Å². The molecule has 1 aliphatic rings. The summed E-state index contributed by atoms with van der Waals surface area (Å²) in [6.07, 6.45) is 10.1. The normalized spacial score (nSPS) is 17.8. The van der Waals surface area contributed by atoms with Gasteiger partial charge in [0.1, 0.15) is 5.82 Å². The number of nitrogens with one attached hydrogen (secondary N) is 1. The summed E-state index contributed by atoms with van der Waals surface area (Å²) in [5.41, 5.74) is 3.52. The molecule has 1 N–H and O–H groups in total. The van der Waals surface area contributed by atoms with Crippen molar-refractivity contribution in [2.75, 3.05) is 0 Å². The van der Waals surface area contributed by atoms with E-state index in [0.29, 0.717) is 5.69 Å². The Morgan fingerprint density at radius 2 is 2.14 bits per heavy atom. The van der Waals surface area contributed by atoms with E-state index in [9.17, 15) is 9.18 Å². The summed E-state index contributed by atoms with van der Waals surface area (Å²) in [6.45, 7) is 4.34. The van der Waals surface area contributed by atoms with Crippen molar-refractivity contribution in [1.82, 2.24) is 20.1 Å². The van der Waals surface area contributed by atoms with E-state index in [1.807, 2.05) is 18.2 Å². The molecule has 1 amide bonds. The predicted octanol–water partition coefficient (Wildman–Crippen LogP) is 4.25. The van der Waals surface area contributed by atoms with Gasteiger partial charge < -0.3 is 5.32 Å². The second-order valence-electron chi connectivity index (χ2n) is 8.16. The maximum atomic E-state index is 13.7. The van der Waals surface area contributed by atoms with E-state index in [0.717, 1.165) is 29.7 Å². The fraction of sp³-hybridized carbons (Fsp3) is 0.261. The number of halogens is 1. The Kier molecular flexibility index (Phi) is 5.01. The van der Waals surface area contributed by atoms with Crippen LogP contribution in [0.4, 0.5) is 4.39 Å². The molecule has 0 fully saturated rings. The first-order valence-corrected chi connectivity index (χ1v) is 9.63. The zero-order chi connectivity index (χ0) is 20.4. The Bertz CT molecular complexity index is 1060. The first-order valence-electron chi connectivity index (χ1n) is 9.63. The van der Waals surface area contributed by atoms with Gasteiger partial charge in [-0.2, -0.15) is 5.10 Å². The zero-order valence-electron chi connectivity index (χ0n) is 16.5. The molecule has 2 heterocycles. The molecule has 4 rings (SSSR count). The van der Waals surface area contributed by atoms with E-state index in [-0.39, 0.29) is 23.2 Å². The average molecular weight is 390 g/mol. The standard InChI is InChI=1S/C23H23FN4O/c1-23(2)12-20(27-22(29)9-8-16-5-4-10-25-14-16)19-15-26-28(21(19)13-23)18-7-3-6-17(24)11-18/h3-11,14-15,20H,12-13H2,1-2H3,(H,27,29)/b9-8+/t20-/m0/s1. The monoisotopic (exact) mass is 390 g/mol. The van der Waals surface area contributed by atoms with Crippen molar-refractivity contribution in [3.05, 3.63) is 83.7 Å². The number of pyridine rings is 1. The van der Waals surface area contributed by atoms with Gasteiger partial charge in [-0.25, -0.2) is 9.07 Å². The first kappa shape index (κ1) is 19.1. The smallest absolute Gasteiger partial charge is 0.244 e. The second-order valence-corrected chi connectivity index (χ2v) is 8.16. The Hall–Kier alpha value is -3.28. The third kappa shape index (κ3) is 4.26. The number of nitrogens with zero attached hydrogens (tertiary/aromatic N) is 3. The molecule has 1 atom stereocenters. The summed E-state index contributed by atoms with van der Waals surface area (Å²) in [4.78, 5) is 16.6. The number of amides is 1. The molecule has 29 heavy (non-hydrogen) atoms. The number of benzene rings is 1. The predicted molar refractivity (Wildman–Crippen MR) is 110 cm³/mol. The van der Waals surface area contributed by atoms with Crippen LogP contribution in [-0.2, 0) is 11.2 Å². The molecular formula is C23H23FN4O. The Labute approximate surface area is 169 Å². The van der Waals surface area contributed by atoms with Crippen LogP contribution in [0.1, 0.15) is 43.1 Å². The Morgan fingerprint density at radius 3 is 2.90 bits per heavy atom. The van der Waals surface area contributed by atoms with Gasteiger partial charge in [-0.05, 0) is 54.2 Å². The Morgan fingerprint density at radius 1 is 1.28 bits per heavy atom. The molecule has 5 nitrogen and oxygen atoms in total. The fourth-order valence-electron chi connectivity index (χ4n) is 3.87. The van der Waals surface area contributed by atoms with Crippen LogP contribution in [0.2, 0.25) is 0 Å². The van der Waals surface area contributed by atoms with Crippen LogP contribution < -0.4 is 5.32 Å². The molecule has 2 aromatic heterocycles. The van der Waals surface area contributed by atoms with Crippen molar-refractivity contribution >= 4 is 12.0 Å². The molecule has 148 valence electrons. The van der Waals surface area contributed by atoms with Gasteiger partial charge in [0.15, 0.2) is 0 Å². The summed E-state index contributed by atoms with van der Waals surface area (Å²) in [5, 5.41) is 7.60. The number of hydrogen-bond acceptors (Lipinski definition) is 3. The van der Waals surface area contributed by atoms with Gasteiger partial charge in [0.05, 0.1) is 23.6 Å². The number of rotatable bonds is 4. The lowest BCUT2D eigenvalue weighted by Gasteiger charge is -2.35. The molecule has 0 saturated carbocycles. The van der Waals surface area contributed by atoms with E-state index in [1.54, 1.807) is 35.4 Å². The van der Waals surface area contributed by atoms with E-state index < -0.39 is 0 Å². The molecule has 3 aromatic rings. The molecule has 0 spiro atoms. The lowest BCUT2D eigenvalue weighted by Crippen LogP contribution is -2.36. The van der Waals surface area contributed by atoms with Crippen LogP contribution in [0.5, 0.6) is 0 Å². The lowest BCUT2D eigenvalue weighted by atomic mass is 9.74. The summed E-state index contributed by atoms with van der Waals surface area (Å²) < 4.78 is 15.5. The van der Waals surface area contributed by atoms with Crippen molar-refractivity contribution < 1.29 is 9.18 Å². The quantitative estimate of drug-likeness (QED) is 0.678. The van der Waals surface area contributed by atoms with Crippen molar-refractivity contribution in [1.29, 1.82) is 0 Å². The summed E-state index contributed by atoms with van der Waals surface area (Å²) in [6, 6.07) is 9.97. The minimum Gasteiger partial charge on any atom is -0.346 e. The van der Waals surface area contributed by atoms with Gasteiger partial charge >= 0.3 is 0 Å². The fourth-order valence-corrected chi connectivity index (χ4v) is 3.87. The van der Waals surface area contributed by atoms with E-state index in [1.165, 1.54) is 18.2 Å². The van der Waals surface area contributed by atoms with Gasteiger partial charge in [-0.15, -0.1) is 0 Å². The number of hydrogen-bond donors (Lipinski definition) is 1. The van der Waals surface area contributed by atoms with Crippen LogP contribution in [0.15, 0.2) is 61.1 Å². The minimum atomic E-state index is -0.299. The second kappa shape index (κ2) is 7.62. The van der Waals surface area contributed by atoms with Crippen molar-refractivity contribution in [3.63, 3.8) is 0 Å². The summed E-state index contributed by atoms with van der Waals surface area (Å²) in [5.74, 6) is -0.465. The van der Waals surface area contributed by atoms with Crippen molar-refractivity contribution in [3.8, 4) is 5.69 Å². The van der Waals surface area contributed by atoms with E-state index >= 15 is 0 Å². The highest BCUT2D eigenvalue weighted by molar-refractivity contribution is 5.92. The highest BCUT2D eigenvalue weighted by Crippen LogP contribution is 2.41. The van der Waals surface area contributed by atoms with Gasteiger partial charge in [0.2, 0.25) is 5.91 Å².